The molecule has 2 aromatic rings. The zero-order chi connectivity index (χ0) is 14.9. The van der Waals surface area contributed by atoms with Crippen LogP contribution in [0.1, 0.15) is 5.82 Å². The van der Waals surface area contributed by atoms with Crippen molar-refractivity contribution in [1.82, 2.24) is 9.78 Å². The Bertz CT molecular complexity index is 687. The Balaban J connectivity index is 2.33. The quantitative estimate of drug-likeness (QED) is 0.629. The van der Waals surface area contributed by atoms with Crippen LogP contribution >= 0.6 is 12.2 Å². The molecule has 0 bridgehead atoms. The SMILES string of the molecule is Cc1n(C)[nH]c(=S)[n+]1-c1ccc(N(C)CC(=O)[O-])cc1. The number of H-pyrrole nitrogens is 1. The topological polar surface area (TPSA) is 68.0 Å². The molecule has 0 aliphatic rings. The Kier molecular flexibility index (Phi) is 3.89. The zero-order valence-electron chi connectivity index (χ0n) is 11.6. The maximum Gasteiger partial charge on any atom is 0.328 e. The average Bonchev–Trinajstić information content (AvgIpc) is 2.63. The summed E-state index contributed by atoms with van der Waals surface area (Å²) in [5, 5.41) is 13.6. The van der Waals surface area contributed by atoms with E-state index in [4.69, 9.17) is 12.2 Å². The molecule has 0 fully saturated rings. The summed E-state index contributed by atoms with van der Waals surface area (Å²) in [7, 11) is 3.60. The summed E-state index contributed by atoms with van der Waals surface area (Å²) in [5.74, 6) is -0.127. The summed E-state index contributed by atoms with van der Waals surface area (Å²) < 4.78 is 4.37. The number of aromatic amines is 1. The number of benzene rings is 1. The zero-order valence-corrected chi connectivity index (χ0v) is 12.4. The molecule has 0 aliphatic carbocycles. The van der Waals surface area contributed by atoms with Gasteiger partial charge >= 0.3 is 4.77 Å². The molecule has 1 aromatic carbocycles. The van der Waals surface area contributed by atoms with Crippen LogP contribution in [0.5, 0.6) is 0 Å². The number of nitrogens with zero attached hydrogens (tertiary/aromatic N) is 3. The standard InChI is InChI=1S/C13H16N4O2S/c1-9-16(3)14-13(20)17(9)11-6-4-10(5-7-11)15(2)8-12(18)19/h4-7H,8H2,1-3H3,(H-,14,18,19,20). The second kappa shape index (κ2) is 5.46. The number of aryl methyl sites for hydroxylation is 1. The van der Waals surface area contributed by atoms with Crippen LogP contribution in [0.25, 0.3) is 5.69 Å². The van der Waals surface area contributed by atoms with Crippen LogP contribution in [0, 0.1) is 11.7 Å². The number of aromatic nitrogens is 3. The molecular weight excluding hydrogens is 276 g/mol. The molecular formula is C13H16N4O2S. The summed E-state index contributed by atoms with van der Waals surface area (Å²) in [5.41, 5.74) is 1.73. The average molecular weight is 292 g/mol. The second-order valence-electron chi connectivity index (χ2n) is 4.60. The van der Waals surface area contributed by atoms with Crippen LogP contribution in [-0.4, -0.2) is 29.3 Å². The molecule has 20 heavy (non-hydrogen) atoms. The molecule has 6 nitrogen and oxygen atoms in total. The molecule has 106 valence electrons. The maximum atomic E-state index is 10.6. The lowest BCUT2D eigenvalue weighted by molar-refractivity contribution is -0.610. The highest BCUT2D eigenvalue weighted by Gasteiger charge is 2.14. The van der Waals surface area contributed by atoms with E-state index in [2.05, 4.69) is 5.10 Å². The van der Waals surface area contributed by atoms with Crippen LogP contribution in [-0.2, 0) is 11.8 Å². The summed E-state index contributed by atoms with van der Waals surface area (Å²) in [4.78, 5) is 12.2. The largest absolute Gasteiger partial charge is 0.548 e. The predicted molar refractivity (Wildman–Crippen MR) is 75.1 cm³/mol. The Morgan fingerprint density at radius 2 is 2.05 bits per heavy atom. The Morgan fingerprint density at radius 3 is 2.50 bits per heavy atom. The number of carbonyl (C=O) groups is 1. The Morgan fingerprint density at radius 1 is 1.45 bits per heavy atom. The number of hydrogen-bond acceptors (Lipinski definition) is 4. The van der Waals surface area contributed by atoms with Gasteiger partial charge < -0.3 is 14.8 Å². The van der Waals surface area contributed by atoms with Gasteiger partial charge in [-0.25, -0.2) is 0 Å². The second-order valence-corrected chi connectivity index (χ2v) is 4.99. The first-order chi connectivity index (χ1) is 9.40. The number of carboxylic acids is 1. The number of carboxylic acid groups (broad SMARTS) is 1. The van der Waals surface area contributed by atoms with Crippen LogP contribution in [0.4, 0.5) is 5.69 Å². The fraction of sp³-hybridized carbons (Fsp3) is 0.308. The highest BCUT2D eigenvalue weighted by Crippen LogP contribution is 2.13. The molecule has 1 heterocycles. The van der Waals surface area contributed by atoms with Crippen molar-refractivity contribution in [3.63, 3.8) is 0 Å². The number of nitrogens with one attached hydrogen (secondary N) is 1. The molecule has 1 N–H and O–H groups in total. The van der Waals surface area contributed by atoms with Crippen molar-refractivity contribution < 1.29 is 14.5 Å². The lowest BCUT2D eigenvalue weighted by Gasteiger charge is -2.19. The molecule has 0 aliphatic heterocycles. The van der Waals surface area contributed by atoms with Crippen LogP contribution in [0.15, 0.2) is 24.3 Å². The van der Waals surface area contributed by atoms with E-state index in [1.165, 1.54) is 0 Å². The fourth-order valence-electron chi connectivity index (χ4n) is 2.02. The van der Waals surface area contributed by atoms with Gasteiger partial charge in [-0.15, -0.1) is 5.10 Å². The lowest BCUT2D eigenvalue weighted by atomic mass is 10.2. The molecule has 0 radical (unpaired) electrons. The first-order valence-corrected chi connectivity index (χ1v) is 6.50. The van der Waals surface area contributed by atoms with Gasteiger partial charge in [0.25, 0.3) is 0 Å². The van der Waals surface area contributed by atoms with Gasteiger partial charge in [-0.1, -0.05) is 0 Å². The van der Waals surface area contributed by atoms with E-state index < -0.39 is 5.97 Å². The third-order valence-electron chi connectivity index (χ3n) is 3.19. The van der Waals surface area contributed by atoms with Crippen molar-refractivity contribution in [1.29, 1.82) is 0 Å². The van der Waals surface area contributed by atoms with Crippen molar-refractivity contribution in [2.24, 2.45) is 7.05 Å². The van der Waals surface area contributed by atoms with E-state index in [1.807, 2.05) is 47.5 Å². The smallest absolute Gasteiger partial charge is 0.328 e. The predicted octanol–water partition coefficient (Wildman–Crippen LogP) is -0.146. The number of anilines is 1. The summed E-state index contributed by atoms with van der Waals surface area (Å²) in [6.45, 7) is 1.82. The monoisotopic (exact) mass is 292 g/mol. The maximum absolute atomic E-state index is 10.6. The highest BCUT2D eigenvalue weighted by atomic mass is 32.1. The number of aliphatic carboxylic acids is 1. The molecule has 7 heteroatoms. The molecule has 0 spiro atoms. The number of likely N-dealkylation sites (N-methyl/N-ethyl adjacent to an activating group) is 1. The summed E-state index contributed by atoms with van der Waals surface area (Å²) >= 11 is 5.27. The van der Waals surface area contributed by atoms with E-state index in [9.17, 15) is 9.90 Å². The normalized spacial score (nSPS) is 10.6. The van der Waals surface area contributed by atoms with Crippen molar-refractivity contribution in [3.05, 3.63) is 34.9 Å². The minimum absolute atomic E-state index is 0.142. The molecule has 0 saturated carbocycles. The van der Waals surface area contributed by atoms with Crippen LogP contribution in [0.2, 0.25) is 0 Å². The first-order valence-electron chi connectivity index (χ1n) is 6.09. The van der Waals surface area contributed by atoms with E-state index in [0.29, 0.717) is 4.77 Å². The van der Waals surface area contributed by atoms with Crippen LogP contribution in [0.3, 0.4) is 0 Å². The Hall–Kier alpha value is -2.15. The summed E-state index contributed by atoms with van der Waals surface area (Å²) in [6, 6.07) is 7.51. The van der Waals surface area contributed by atoms with Crippen LogP contribution < -0.4 is 14.6 Å². The van der Waals surface area contributed by atoms with Crippen molar-refractivity contribution >= 4 is 23.9 Å². The molecule has 2 rings (SSSR count). The van der Waals surface area contributed by atoms with Gasteiger partial charge in [-0.2, -0.15) is 9.25 Å². The third-order valence-corrected chi connectivity index (χ3v) is 3.46. The molecule has 0 unspecified atom stereocenters. The molecule has 0 saturated heterocycles. The van der Waals surface area contributed by atoms with Gasteiger partial charge in [-0.3, -0.25) is 0 Å². The number of hydrogen-bond donors (Lipinski definition) is 1. The van der Waals surface area contributed by atoms with Crippen molar-refractivity contribution in [2.75, 3.05) is 18.5 Å². The molecule has 1 aromatic heterocycles. The highest BCUT2D eigenvalue weighted by molar-refractivity contribution is 7.71. The Labute approximate surface area is 121 Å². The third kappa shape index (κ3) is 2.72. The minimum atomic E-state index is -1.10. The van der Waals surface area contributed by atoms with Gasteiger partial charge in [0.05, 0.1) is 19.6 Å². The number of rotatable bonds is 4. The van der Waals surface area contributed by atoms with Crippen molar-refractivity contribution in [2.45, 2.75) is 6.92 Å². The van der Waals surface area contributed by atoms with Gasteiger partial charge in [0, 0.05) is 19.7 Å². The molecule has 0 amide bonds. The van der Waals surface area contributed by atoms with Gasteiger partial charge in [0.2, 0.25) is 5.82 Å². The fourth-order valence-corrected chi connectivity index (χ4v) is 2.39. The molecule has 0 atom stereocenters. The number of carbonyl (C=O) groups excluding carboxylic acids is 1. The van der Waals surface area contributed by atoms with E-state index >= 15 is 0 Å². The van der Waals surface area contributed by atoms with Gasteiger partial charge in [0.15, 0.2) is 0 Å². The van der Waals surface area contributed by atoms with E-state index in [1.54, 1.807) is 11.9 Å². The van der Waals surface area contributed by atoms with Crippen molar-refractivity contribution in [3.8, 4) is 5.69 Å². The lowest BCUT2D eigenvalue weighted by Crippen LogP contribution is -2.36. The first kappa shape index (κ1) is 14.3. The van der Waals surface area contributed by atoms with Gasteiger partial charge in [0.1, 0.15) is 5.69 Å². The van der Waals surface area contributed by atoms with E-state index in [0.717, 1.165) is 17.2 Å². The minimum Gasteiger partial charge on any atom is -0.548 e. The van der Waals surface area contributed by atoms with E-state index in [-0.39, 0.29) is 6.54 Å². The summed E-state index contributed by atoms with van der Waals surface area (Å²) in [6.07, 6.45) is 0. The van der Waals surface area contributed by atoms with Gasteiger partial charge in [-0.05, 0) is 36.5 Å².